The molecule has 0 bridgehead atoms. The quantitative estimate of drug-likeness (QED) is 0.321. The van der Waals surface area contributed by atoms with Crippen molar-refractivity contribution in [2.75, 3.05) is 0 Å². The molecular weight excluding hydrogens is 367 g/mol. The van der Waals surface area contributed by atoms with Gasteiger partial charge in [-0.05, 0) is 6.92 Å². The van der Waals surface area contributed by atoms with E-state index in [-0.39, 0.29) is 0 Å². The summed E-state index contributed by atoms with van der Waals surface area (Å²) in [6, 6.07) is 0. The molecule has 0 heterocycles. The summed E-state index contributed by atoms with van der Waals surface area (Å²) >= 11 is 0. The van der Waals surface area contributed by atoms with Crippen molar-refractivity contribution in [1.29, 1.82) is 0 Å². The molecule has 15 heteroatoms. The molecular formula is C8H4F11NO3. The van der Waals surface area contributed by atoms with Crippen LogP contribution in [0.3, 0.4) is 0 Å². The summed E-state index contributed by atoms with van der Waals surface area (Å²) < 4.78 is 138. The predicted octanol–water partition coefficient (Wildman–Crippen LogP) is 3.57. The zero-order chi connectivity index (χ0) is 18.9. The Labute approximate surface area is 118 Å². The van der Waals surface area contributed by atoms with Crippen molar-refractivity contribution in [3.8, 4) is 0 Å². The van der Waals surface area contributed by atoms with Gasteiger partial charge in [0.05, 0.1) is 0 Å². The highest BCUT2D eigenvalue weighted by Gasteiger charge is 2.80. The summed E-state index contributed by atoms with van der Waals surface area (Å²) in [5, 5.41) is 2.24. The fourth-order valence-electron chi connectivity index (χ4n) is 0.780. The number of hydrogen-bond donors (Lipinski definition) is 0. The Balaban J connectivity index is 5.87. The Morgan fingerprint density at radius 1 is 0.870 bits per heavy atom. The van der Waals surface area contributed by atoms with Gasteiger partial charge in [-0.3, -0.25) is 4.74 Å². The predicted molar refractivity (Wildman–Crippen MR) is 47.2 cm³/mol. The van der Waals surface area contributed by atoms with Crippen LogP contribution in [0.15, 0.2) is 5.16 Å². The number of carbonyl (C=O) groups is 1. The molecule has 0 unspecified atom stereocenters. The molecule has 0 N–H and O–H groups in total. The van der Waals surface area contributed by atoms with E-state index in [9.17, 15) is 53.1 Å². The number of alkyl halides is 11. The summed E-state index contributed by atoms with van der Waals surface area (Å²) in [5.41, 5.74) is 0. The van der Waals surface area contributed by atoms with Gasteiger partial charge in [0.2, 0.25) is 0 Å². The number of carbonyl (C=O) groups excluding carboxylic acids is 1. The molecule has 0 saturated carbocycles. The van der Waals surface area contributed by atoms with Crippen LogP contribution in [0.5, 0.6) is 0 Å². The molecule has 0 spiro atoms. The molecule has 0 fully saturated rings. The SMILES string of the molecule is C/C=N/OC(=O)[C@](F)(OC(F)(F)C(F)(F)C(F)(F)F)C(F)(F)F. The zero-order valence-corrected chi connectivity index (χ0v) is 10.4. The molecule has 1 atom stereocenters. The average Bonchev–Trinajstić information content (AvgIpc) is 2.32. The van der Waals surface area contributed by atoms with E-state index in [4.69, 9.17) is 0 Å². The Kier molecular flexibility index (Phi) is 5.64. The number of hydrogen-bond acceptors (Lipinski definition) is 4. The second-order valence-electron chi connectivity index (χ2n) is 3.53. The summed E-state index contributed by atoms with van der Waals surface area (Å²) in [6.07, 6.45) is -20.6. The average molecular weight is 371 g/mol. The van der Waals surface area contributed by atoms with E-state index >= 15 is 0 Å². The lowest BCUT2D eigenvalue weighted by molar-refractivity contribution is -0.475. The Morgan fingerprint density at radius 2 is 1.30 bits per heavy atom. The first-order chi connectivity index (χ1) is 9.94. The molecule has 0 aromatic carbocycles. The van der Waals surface area contributed by atoms with Crippen LogP contribution in [-0.2, 0) is 14.4 Å². The van der Waals surface area contributed by atoms with Gasteiger partial charge < -0.3 is 4.84 Å². The maximum atomic E-state index is 13.4. The van der Waals surface area contributed by atoms with Gasteiger partial charge in [-0.15, -0.1) is 0 Å². The van der Waals surface area contributed by atoms with Gasteiger partial charge in [0.15, 0.2) is 0 Å². The standard InChI is InChI=1S/C8H4F11NO3/c1-2-20-22-3(21)4(9,6(12,13)14)23-8(18,19)5(10,11)7(15,16)17/h2H,1H3/b20-2+/t4-/m0/s1. The highest BCUT2D eigenvalue weighted by atomic mass is 19.4. The van der Waals surface area contributed by atoms with E-state index in [1.165, 1.54) is 0 Å². The van der Waals surface area contributed by atoms with Gasteiger partial charge in [0.1, 0.15) is 0 Å². The summed E-state index contributed by atoms with van der Waals surface area (Å²) in [6.45, 7) is 0.883. The Bertz CT molecular complexity index is 469. The van der Waals surface area contributed by atoms with Crippen molar-refractivity contribution in [1.82, 2.24) is 0 Å². The summed E-state index contributed by atoms with van der Waals surface area (Å²) in [7, 11) is 0. The monoisotopic (exact) mass is 371 g/mol. The molecule has 0 saturated heterocycles. The number of rotatable bonds is 5. The van der Waals surface area contributed by atoms with Crippen molar-refractivity contribution < 1.29 is 62.7 Å². The van der Waals surface area contributed by atoms with Gasteiger partial charge in [-0.1, -0.05) is 5.16 Å². The smallest absolute Gasteiger partial charge is 0.312 e. The van der Waals surface area contributed by atoms with E-state index in [0.29, 0.717) is 6.21 Å². The van der Waals surface area contributed by atoms with Crippen LogP contribution in [-0.4, -0.2) is 42.4 Å². The molecule has 0 aromatic heterocycles. The molecule has 0 rings (SSSR count). The van der Waals surface area contributed by atoms with Crippen LogP contribution in [0.4, 0.5) is 48.3 Å². The van der Waals surface area contributed by atoms with Crippen molar-refractivity contribution in [3.63, 3.8) is 0 Å². The molecule has 0 aliphatic heterocycles. The van der Waals surface area contributed by atoms with Crippen LogP contribution in [0.2, 0.25) is 0 Å². The van der Waals surface area contributed by atoms with E-state index in [2.05, 4.69) is 9.99 Å². The van der Waals surface area contributed by atoms with Crippen LogP contribution >= 0.6 is 0 Å². The minimum atomic E-state index is -7.25. The maximum Gasteiger partial charge on any atom is 0.462 e. The topological polar surface area (TPSA) is 47.9 Å². The molecule has 0 amide bonds. The summed E-state index contributed by atoms with van der Waals surface area (Å²) in [5.74, 6) is -17.0. The van der Waals surface area contributed by atoms with E-state index < -0.39 is 36.2 Å². The third-order valence-electron chi connectivity index (χ3n) is 1.86. The third-order valence-corrected chi connectivity index (χ3v) is 1.86. The fraction of sp³-hybridized carbons (Fsp3) is 0.750. The zero-order valence-electron chi connectivity index (χ0n) is 10.4. The van der Waals surface area contributed by atoms with Crippen LogP contribution in [0.1, 0.15) is 6.92 Å². The van der Waals surface area contributed by atoms with E-state index in [0.717, 1.165) is 6.92 Å². The van der Waals surface area contributed by atoms with E-state index in [1.54, 1.807) is 0 Å². The molecule has 23 heavy (non-hydrogen) atoms. The second-order valence-corrected chi connectivity index (χ2v) is 3.53. The molecule has 0 aliphatic rings. The minimum absolute atomic E-state index is 0.400. The molecule has 0 aliphatic carbocycles. The highest BCUT2D eigenvalue weighted by molar-refractivity contribution is 5.79. The second kappa shape index (κ2) is 6.09. The first-order valence-corrected chi connectivity index (χ1v) is 4.91. The van der Waals surface area contributed by atoms with Crippen LogP contribution in [0, 0.1) is 0 Å². The van der Waals surface area contributed by atoms with Crippen LogP contribution < -0.4 is 0 Å². The van der Waals surface area contributed by atoms with Gasteiger partial charge in [-0.2, -0.15) is 48.3 Å². The normalized spacial score (nSPS) is 17.2. The Hall–Kier alpha value is -1.67. The van der Waals surface area contributed by atoms with Gasteiger partial charge in [0.25, 0.3) is 0 Å². The molecule has 0 aromatic rings. The van der Waals surface area contributed by atoms with Gasteiger partial charge in [0, 0.05) is 6.21 Å². The number of ether oxygens (including phenoxy) is 1. The first kappa shape index (κ1) is 21.3. The van der Waals surface area contributed by atoms with Crippen LogP contribution in [0.25, 0.3) is 0 Å². The lowest BCUT2D eigenvalue weighted by Gasteiger charge is -2.33. The minimum Gasteiger partial charge on any atom is -0.312 e. The van der Waals surface area contributed by atoms with Crippen molar-refractivity contribution in [2.45, 2.75) is 37.2 Å². The fourth-order valence-corrected chi connectivity index (χ4v) is 0.780. The lowest BCUT2D eigenvalue weighted by Crippen LogP contribution is -2.61. The molecule has 4 nitrogen and oxygen atoms in total. The number of oxime groups is 1. The number of halogens is 11. The third kappa shape index (κ3) is 4.00. The first-order valence-electron chi connectivity index (χ1n) is 4.91. The highest BCUT2D eigenvalue weighted by Crippen LogP contribution is 2.51. The van der Waals surface area contributed by atoms with E-state index in [1.807, 2.05) is 4.74 Å². The van der Waals surface area contributed by atoms with Gasteiger partial charge >= 0.3 is 36.2 Å². The maximum absolute atomic E-state index is 13.4. The van der Waals surface area contributed by atoms with Crippen molar-refractivity contribution >= 4 is 12.2 Å². The Morgan fingerprint density at radius 3 is 1.61 bits per heavy atom. The van der Waals surface area contributed by atoms with Crippen molar-refractivity contribution in [2.24, 2.45) is 5.16 Å². The van der Waals surface area contributed by atoms with Crippen molar-refractivity contribution in [3.05, 3.63) is 0 Å². The molecule has 136 valence electrons. The summed E-state index contributed by atoms with van der Waals surface area (Å²) in [4.78, 5) is 13.8. The molecule has 0 radical (unpaired) electrons. The van der Waals surface area contributed by atoms with Gasteiger partial charge in [-0.25, -0.2) is 4.79 Å². The lowest BCUT2D eigenvalue weighted by atomic mass is 10.2. The largest absolute Gasteiger partial charge is 0.462 e. The number of nitrogens with zero attached hydrogens (tertiary/aromatic N) is 1.